The lowest BCUT2D eigenvalue weighted by Crippen LogP contribution is -2.48. The number of piperidine rings is 1. The number of carbonyl (C=O) groups excluding carboxylic acids is 1. The number of imidazole rings is 1. The summed E-state index contributed by atoms with van der Waals surface area (Å²) < 4.78 is 1.86. The van der Waals surface area contributed by atoms with Gasteiger partial charge in [0.15, 0.2) is 0 Å². The fourth-order valence-electron chi connectivity index (χ4n) is 4.66. The number of hydrogen-bond donors (Lipinski definition) is 2. The van der Waals surface area contributed by atoms with Gasteiger partial charge in [-0.2, -0.15) is 11.8 Å². The summed E-state index contributed by atoms with van der Waals surface area (Å²) in [6, 6.07) is 3.71. The molecule has 2 aliphatic heterocycles. The monoisotopic (exact) mass is 415 g/mol. The fraction of sp³-hybridized carbons (Fsp3) is 0.571. The van der Waals surface area contributed by atoms with E-state index in [2.05, 4.69) is 26.4 Å². The summed E-state index contributed by atoms with van der Waals surface area (Å²) in [5, 5.41) is 2.85. The third-order valence-electron chi connectivity index (χ3n) is 5.95. The van der Waals surface area contributed by atoms with E-state index in [1.54, 1.807) is 18.5 Å². The van der Waals surface area contributed by atoms with Crippen LogP contribution in [0.3, 0.4) is 0 Å². The van der Waals surface area contributed by atoms with Crippen molar-refractivity contribution < 1.29 is 4.79 Å². The number of carbonyl (C=O) groups is 1. The highest BCUT2D eigenvalue weighted by Gasteiger charge is 2.35. The number of rotatable bonds is 8. The topological polar surface area (TPSA) is 83.0 Å². The van der Waals surface area contributed by atoms with Crippen molar-refractivity contribution in [3.63, 3.8) is 0 Å². The standard InChI is InChI=1S/C21H29N5O2S/c1-29-10-2-9-25-12-15-11-16(14-25)18-4-3-17(21(28)26(18)13-15)20(27)24-6-5-19-22-7-8-23-19/h3-4,7-8,15-16H,2,5-6,9-14H2,1H3,(H,22,23)(H,24,27)/t15-,16+/m0/s1. The Bertz CT molecular complexity index is 895. The molecular formula is C21H29N5O2S. The van der Waals surface area contributed by atoms with E-state index in [1.807, 2.05) is 22.4 Å². The summed E-state index contributed by atoms with van der Waals surface area (Å²) in [5.74, 6) is 2.60. The van der Waals surface area contributed by atoms with Crippen LogP contribution in [0.4, 0.5) is 0 Å². The van der Waals surface area contributed by atoms with E-state index >= 15 is 0 Å². The number of hydrogen-bond acceptors (Lipinski definition) is 5. The zero-order chi connectivity index (χ0) is 20.2. The number of amides is 1. The maximum Gasteiger partial charge on any atom is 0.263 e. The van der Waals surface area contributed by atoms with Crippen LogP contribution in [-0.2, 0) is 13.0 Å². The van der Waals surface area contributed by atoms with Crippen LogP contribution in [0, 0.1) is 5.92 Å². The van der Waals surface area contributed by atoms with Crippen molar-refractivity contribution in [3.05, 3.63) is 52.0 Å². The SMILES string of the molecule is CSCCCN1C[C@@H]2C[C@H](C1)c1ccc(C(=O)NCCc3ncc[nH]3)c(=O)n1C2. The van der Waals surface area contributed by atoms with E-state index in [9.17, 15) is 9.59 Å². The number of likely N-dealkylation sites (tertiary alicyclic amines) is 1. The normalized spacial score (nSPS) is 21.0. The number of aromatic amines is 1. The van der Waals surface area contributed by atoms with Crippen LogP contribution in [-0.4, -0.2) is 63.5 Å². The largest absolute Gasteiger partial charge is 0.351 e. The van der Waals surface area contributed by atoms with E-state index in [0.717, 1.165) is 44.1 Å². The molecule has 0 unspecified atom stereocenters. The lowest BCUT2D eigenvalue weighted by atomic mass is 9.83. The molecule has 7 nitrogen and oxygen atoms in total. The molecule has 8 heteroatoms. The molecule has 2 aromatic heterocycles. The van der Waals surface area contributed by atoms with Crippen LogP contribution in [0.2, 0.25) is 0 Å². The van der Waals surface area contributed by atoms with Gasteiger partial charge in [-0.1, -0.05) is 0 Å². The average molecular weight is 416 g/mol. The summed E-state index contributed by atoms with van der Waals surface area (Å²) >= 11 is 1.90. The van der Waals surface area contributed by atoms with Crippen molar-refractivity contribution in [3.8, 4) is 0 Å². The summed E-state index contributed by atoms with van der Waals surface area (Å²) in [7, 11) is 0. The minimum Gasteiger partial charge on any atom is -0.351 e. The van der Waals surface area contributed by atoms with Crippen LogP contribution in [0.15, 0.2) is 29.3 Å². The van der Waals surface area contributed by atoms with Gasteiger partial charge in [-0.3, -0.25) is 9.59 Å². The molecule has 2 aliphatic rings. The Morgan fingerprint density at radius 2 is 2.24 bits per heavy atom. The van der Waals surface area contributed by atoms with E-state index < -0.39 is 0 Å². The molecule has 0 spiro atoms. The number of nitrogens with one attached hydrogen (secondary N) is 2. The van der Waals surface area contributed by atoms with Gasteiger partial charge >= 0.3 is 0 Å². The first kappa shape index (κ1) is 20.2. The second kappa shape index (κ2) is 9.17. The second-order valence-electron chi connectivity index (χ2n) is 8.03. The van der Waals surface area contributed by atoms with Gasteiger partial charge in [-0.15, -0.1) is 0 Å². The molecule has 0 aliphatic carbocycles. The quantitative estimate of drug-likeness (QED) is 0.642. The molecule has 4 heterocycles. The minimum atomic E-state index is -0.300. The molecule has 1 amide bonds. The van der Waals surface area contributed by atoms with Crippen molar-refractivity contribution in [2.75, 3.05) is 38.2 Å². The molecule has 0 saturated carbocycles. The molecule has 29 heavy (non-hydrogen) atoms. The zero-order valence-electron chi connectivity index (χ0n) is 16.9. The molecule has 2 atom stereocenters. The predicted octanol–water partition coefficient (Wildman–Crippen LogP) is 1.72. The molecule has 1 fully saturated rings. The van der Waals surface area contributed by atoms with E-state index in [1.165, 1.54) is 12.2 Å². The molecule has 156 valence electrons. The van der Waals surface area contributed by atoms with Crippen molar-refractivity contribution >= 4 is 17.7 Å². The number of pyridine rings is 1. The second-order valence-corrected chi connectivity index (χ2v) is 9.02. The molecule has 2 bridgehead atoms. The highest BCUT2D eigenvalue weighted by molar-refractivity contribution is 7.98. The Morgan fingerprint density at radius 1 is 1.34 bits per heavy atom. The molecule has 2 N–H and O–H groups in total. The molecular weight excluding hydrogens is 386 g/mol. The number of aromatic nitrogens is 3. The fourth-order valence-corrected chi connectivity index (χ4v) is 5.07. The maximum absolute atomic E-state index is 13.0. The first-order valence-electron chi connectivity index (χ1n) is 10.4. The van der Waals surface area contributed by atoms with Crippen LogP contribution in [0.25, 0.3) is 0 Å². The third-order valence-corrected chi connectivity index (χ3v) is 6.65. The zero-order valence-corrected chi connectivity index (χ0v) is 17.7. The molecule has 4 rings (SSSR count). The molecule has 2 aromatic rings. The van der Waals surface area contributed by atoms with Crippen LogP contribution in [0.5, 0.6) is 0 Å². The minimum absolute atomic E-state index is 0.150. The predicted molar refractivity (Wildman–Crippen MR) is 116 cm³/mol. The lowest BCUT2D eigenvalue weighted by molar-refractivity contribution is 0.0948. The number of thioether (sulfide) groups is 1. The number of nitrogens with zero attached hydrogens (tertiary/aromatic N) is 3. The van der Waals surface area contributed by atoms with Gasteiger partial charge in [0.1, 0.15) is 11.4 Å². The highest BCUT2D eigenvalue weighted by Crippen LogP contribution is 2.35. The van der Waals surface area contributed by atoms with Gasteiger partial charge in [-0.25, -0.2) is 4.98 Å². The Morgan fingerprint density at radius 3 is 3.03 bits per heavy atom. The van der Waals surface area contributed by atoms with Crippen molar-refractivity contribution in [2.24, 2.45) is 5.92 Å². The Kier molecular flexibility index (Phi) is 6.40. The van der Waals surface area contributed by atoms with Gasteiger partial charge in [0.2, 0.25) is 0 Å². The number of H-pyrrole nitrogens is 1. The van der Waals surface area contributed by atoms with Crippen molar-refractivity contribution in [1.82, 2.24) is 24.8 Å². The van der Waals surface area contributed by atoms with Gasteiger partial charge < -0.3 is 19.8 Å². The summed E-state index contributed by atoms with van der Waals surface area (Å²) in [5.41, 5.74) is 1.18. The van der Waals surface area contributed by atoms with Crippen LogP contribution in [0.1, 0.15) is 40.6 Å². The molecule has 1 saturated heterocycles. The van der Waals surface area contributed by atoms with Crippen LogP contribution < -0.4 is 10.9 Å². The highest BCUT2D eigenvalue weighted by atomic mass is 32.2. The average Bonchev–Trinajstić information content (AvgIpc) is 3.22. The third kappa shape index (κ3) is 4.59. The maximum atomic E-state index is 13.0. The summed E-state index contributed by atoms with van der Waals surface area (Å²) in [4.78, 5) is 35.3. The van der Waals surface area contributed by atoms with Gasteiger partial charge in [0.25, 0.3) is 11.5 Å². The molecule has 0 radical (unpaired) electrons. The van der Waals surface area contributed by atoms with Gasteiger partial charge in [0.05, 0.1) is 0 Å². The van der Waals surface area contributed by atoms with E-state index in [-0.39, 0.29) is 17.0 Å². The first-order chi connectivity index (χ1) is 14.2. The van der Waals surface area contributed by atoms with E-state index in [0.29, 0.717) is 24.8 Å². The van der Waals surface area contributed by atoms with Crippen molar-refractivity contribution in [2.45, 2.75) is 31.7 Å². The van der Waals surface area contributed by atoms with E-state index in [4.69, 9.17) is 0 Å². The van der Waals surface area contributed by atoms with Gasteiger partial charge in [0, 0.05) is 56.6 Å². The molecule has 0 aromatic carbocycles. The number of fused-ring (bicyclic) bond motifs is 4. The summed E-state index contributed by atoms with van der Waals surface area (Å²) in [6.45, 7) is 4.37. The summed E-state index contributed by atoms with van der Waals surface area (Å²) in [6.07, 6.45) is 8.57. The first-order valence-corrected chi connectivity index (χ1v) is 11.8. The Balaban J connectivity index is 1.43. The lowest BCUT2D eigenvalue weighted by Gasteiger charge is -2.43. The smallest absolute Gasteiger partial charge is 0.263 e. The Labute approximate surface area is 175 Å². The van der Waals surface area contributed by atoms with Crippen LogP contribution >= 0.6 is 11.8 Å². The van der Waals surface area contributed by atoms with Gasteiger partial charge in [-0.05, 0) is 49.4 Å². The van der Waals surface area contributed by atoms with Crippen molar-refractivity contribution in [1.29, 1.82) is 0 Å². The Hall–Kier alpha value is -2.06.